The number of hydrogen-bond donors (Lipinski definition) is 2. The molecule has 0 saturated carbocycles. The molecule has 0 radical (unpaired) electrons. The van der Waals surface area contributed by atoms with Gasteiger partial charge in [-0.05, 0) is 31.4 Å². The van der Waals surface area contributed by atoms with Crippen molar-refractivity contribution in [3.8, 4) is 0 Å². The maximum atomic E-state index is 12.9. The summed E-state index contributed by atoms with van der Waals surface area (Å²) in [4.78, 5) is 50.8. The van der Waals surface area contributed by atoms with Crippen molar-refractivity contribution >= 4 is 29.3 Å². The van der Waals surface area contributed by atoms with Gasteiger partial charge in [0, 0.05) is 55.1 Å². The smallest absolute Gasteiger partial charge is 0.255 e. The third kappa shape index (κ3) is 4.23. The summed E-state index contributed by atoms with van der Waals surface area (Å²) in [5, 5.41) is 13.4. The number of nitrogens with zero attached hydrogens (tertiary/aromatic N) is 4. The first-order chi connectivity index (χ1) is 16.0. The summed E-state index contributed by atoms with van der Waals surface area (Å²) in [6, 6.07) is 4.40. The lowest BCUT2D eigenvalue weighted by Gasteiger charge is -2.29. The van der Waals surface area contributed by atoms with Crippen LogP contribution in [0.3, 0.4) is 0 Å². The minimum Gasteiger partial charge on any atom is -0.381 e. The molecule has 33 heavy (non-hydrogen) atoms. The van der Waals surface area contributed by atoms with Gasteiger partial charge in [-0.3, -0.25) is 24.5 Å². The van der Waals surface area contributed by atoms with Crippen LogP contribution in [-0.2, 0) is 32.2 Å². The number of aromatic nitrogens is 3. The fourth-order valence-corrected chi connectivity index (χ4v) is 4.61. The molecule has 3 aliphatic rings. The lowest BCUT2D eigenvalue weighted by molar-refractivity contribution is -0.137. The predicted molar refractivity (Wildman–Crippen MR) is 114 cm³/mol. The van der Waals surface area contributed by atoms with E-state index in [0.29, 0.717) is 30.0 Å². The minimum absolute atomic E-state index is 0.00924. The number of rotatable bonds is 5. The van der Waals surface area contributed by atoms with Gasteiger partial charge < -0.3 is 15.0 Å². The van der Waals surface area contributed by atoms with Crippen molar-refractivity contribution in [2.75, 3.05) is 18.5 Å². The first-order valence-electron chi connectivity index (χ1n) is 11.0. The highest BCUT2D eigenvalue weighted by atomic mass is 16.5. The molecule has 0 aliphatic carbocycles. The van der Waals surface area contributed by atoms with E-state index in [1.807, 2.05) is 0 Å². The van der Waals surface area contributed by atoms with E-state index in [1.54, 1.807) is 24.4 Å². The molecule has 1 aromatic heterocycles. The summed E-state index contributed by atoms with van der Waals surface area (Å²) >= 11 is 0. The molecule has 4 heterocycles. The number of carbonyl (C=O) groups is 4. The summed E-state index contributed by atoms with van der Waals surface area (Å²) in [7, 11) is 0. The molecule has 0 bridgehead atoms. The first-order valence-corrected chi connectivity index (χ1v) is 11.0. The SMILES string of the molecule is O=C1CCC(N2Cc3c(NC(=O)Cn4cc(C5CCOCC5)nn4)cccc3C2=O)C(=O)N1. The zero-order chi connectivity index (χ0) is 22.9. The van der Waals surface area contributed by atoms with E-state index in [0.717, 1.165) is 18.5 Å². The number of hydrogen-bond acceptors (Lipinski definition) is 7. The normalized spacial score (nSPS) is 21.2. The maximum absolute atomic E-state index is 12.9. The Kier molecular flexibility index (Phi) is 5.63. The van der Waals surface area contributed by atoms with Gasteiger partial charge in [-0.2, -0.15) is 0 Å². The molecule has 2 saturated heterocycles. The summed E-state index contributed by atoms with van der Waals surface area (Å²) in [5.41, 5.74) is 2.48. The third-order valence-corrected chi connectivity index (χ3v) is 6.36. The lowest BCUT2D eigenvalue weighted by atomic mass is 9.97. The summed E-state index contributed by atoms with van der Waals surface area (Å²) < 4.78 is 6.88. The van der Waals surface area contributed by atoms with Gasteiger partial charge in [0.05, 0.1) is 5.69 Å². The standard InChI is InChI=1S/C22H24N6O5/c29-19-5-4-18(21(31)24-19)28-10-15-14(22(28)32)2-1-3-16(15)23-20(30)12-27-11-17(25-26-27)13-6-8-33-9-7-13/h1-3,11,13,18H,4-10,12H2,(H,23,30)(H,24,29,31). The Morgan fingerprint density at radius 3 is 2.79 bits per heavy atom. The van der Waals surface area contributed by atoms with Crippen LogP contribution in [0.4, 0.5) is 5.69 Å². The van der Waals surface area contributed by atoms with E-state index in [4.69, 9.17) is 4.74 Å². The molecule has 1 unspecified atom stereocenters. The summed E-state index contributed by atoms with van der Waals surface area (Å²) in [6.07, 6.45) is 4.04. The molecule has 4 amide bonds. The average molecular weight is 452 g/mol. The third-order valence-electron chi connectivity index (χ3n) is 6.36. The highest BCUT2D eigenvalue weighted by molar-refractivity contribution is 6.06. The largest absolute Gasteiger partial charge is 0.381 e. The molecular formula is C22H24N6O5. The number of amides is 4. The molecule has 2 fully saturated rings. The van der Waals surface area contributed by atoms with E-state index in [9.17, 15) is 19.2 Å². The zero-order valence-corrected chi connectivity index (χ0v) is 18.0. The van der Waals surface area contributed by atoms with Crippen molar-refractivity contribution in [1.82, 2.24) is 25.2 Å². The van der Waals surface area contributed by atoms with Gasteiger partial charge in [-0.25, -0.2) is 4.68 Å². The van der Waals surface area contributed by atoms with Crippen LogP contribution in [0.1, 0.15) is 53.2 Å². The first kappa shape index (κ1) is 21.3. The Hall–Kier alpha value is -3.60. The van der Waals surface area contributed by atoms with E-state index in [2.05, 4.69) is 20.9 Å². The number of carbonyl (C=O) groups excluding carboxylic acids is 4. The van der Waals surface area contributed by atoms with E-state index in [-0.39, 0.29) is 49.6 Å². The molecule has 172 valence electrons. The number of piperidine rings is 1. The van der Waals surface area contributed by atoms with E-state index in [1.165, 1.54) is 9.58 Å². The molecule has 1 atom stereocenters. The second-order valence-corrected chi connectivity index (χ2v) is 8.51. The zero-order valence-electron chi connectivity index (χ0n) is 18.0. The number of anilines is 1. The lowest BCUT2D eigenvalue weighted by Crippen LogP contribution is -2.52. The maximum Gasteiger partial charge on any atom is 0.255 e. The highest BCUT2D eigenvalue weighted by Crippen LogP contribution is 2.32. The Labute approximate surface area is 189 Å². The number of fused-ring (bicyclic) bond motifs is 1. The Morgan fingerprint density at radius 1 is 1.18 bits per heavy atom. The molecule has 2 N–H and O–H groups in total. The second-order valence-electron chi connectivity index (χ2n) is 8.51. The van der Waals surface area contributed by atoms with Crippen LogP contribution in [0.15, 0.2) is 24.4 Å². The minimum atomic E-state index is -0.704. The quantitative estimate of drug-likeness (QED) is 0.633. The van der Waals surface area contributed by atoms with Gasteiger partial charge in [0.1, 0.15) is 12.6 Å². The number of benzene rings is 1. The summed E-state index contributed by atoms with van der Waals surface area (Å²) in [5.74, 6) is -1.09. The van der Waals surface area contributed by atoms with Crippen molar-refractivity contribution < 1.29 is 23.9 Å². The van der Waals surface area contributed by atoms with Gasteiger partial charge in [-0.1, -0.05) is 11.3 Å². The monoisotopic (exact) mass is 452 g/mol. The van der Waals surface area contributed by atoms with Crippen molar-refractivity contribution in [3.05, 3.63) is 41.2 Å². The molecule has 5 rings (SSSR count). The Bertz CT molecular complexity index is 1120. The van der Waals surface area contributed by atoms with Gasteiger partial charge in [-0.15, -0.1) is 5.10 Å². The number of imide groups is 1. The van der Waals surface area contributed by atoms with Crippen molar-refractivity contribution in [2.45, 2.75) is 50.7 Å². The fraction of sp³-hybridized carbons (Fsp3) is 0.455. The Balaban J connectivity index is 1.26. The van der Waals surface area contributed by atoms with Crippen LogP contribution in [0.25, 0.3) is 0 Å². The number of ether oxygens (including phenoxy) is 1. The number of nitrogens with one attached hydrogen (secondary N) is 2. The second kappa shape index (κ2) is 8.74. The van der Waals surface area contributed by atoms with Crippen LogP contribution in [0, 0.1) is 0 Å². The molecule has 3 aliphatic heterocycles. The van der Waals surface area contributed by atoms with Gasteiger partial charge >= 0.3 is 0 Å². The van der Waals surface area contributed by atoms with Crippen molar-refractivity contribution in [1.29, 1.82) is 0 Å². The van der Waals surface area contributed by atoms with Crippen LogP contribution in [0.5, 0.6) is 0 Å². The topological polar surface area (TPSA) is 136 Å². The highest BCUT2D eigenvalue weighted by Gasteiger charge is 2.40. The van der Waals surface area contributed by atoms with Crippen molar-refractivity contribution in [2.24, 2.45) is 0 Å². The van der Waals surface area contributed by atoms with E-state index < -0.39 is 11.9 Å². The summed E-state index contributed by atoms with van der Waals surface area (Å²) in [6.45, 7) is 1.58. The van der Waals surface area contributed by atoms with E-state index >= 15 is 0 Å². The van der Waals surface area contributed by atoms with Crippen LogP contribution >= 0.6 is 0 Å². The van der Waals surface area contributed by atoms with Gasteiger partial charge in [0.15, 0.2) is 0 Å². The molecule has 11 nitrogen and oxygen atoms in total. The molecule has 2 aromatic rings. The molecular weight excluding hydrogens is 428 g/mol. The fourth-order valence-electron chi connectivity index (χ4n) is 4.61. The molecule has 1 aromatic carbocycles. The van der Waals surface area contributed by atoms with Crippen molar-refractivity contribution in [3.63, 3.8) is 0 Å². The van der Waals surface area contributed by atoms with Crippen LogP contribution < -0.4 is 10.6 Å². The molecule has 0 spiro atoms. The Morgan fingerprint density at radius 2 is 2.00 bits per heavy atom. The van der Waals surface area contributed by atoms with Gasteiger partial charge in [0.2, 0.25) is 17.7 Å². The van der Waals surface area contributed by atoms with Crippen LogP contribution in [-0.4, -0.2) is 62.8 Å². The van der Waals surface area contributed by atoms with Gasteiger partial charge in [0.25, 0.3) is 5.91 Å². The van der Waals surface area contributed by atoms with Crippen LogP contribution in [0.2, 0.25) is 0 Å². The predicted octanol–water partition coefficient (Wildman–Crippen LogP) is 0.572. The average Bonchev–Trinajstić information content (AvgIpc) is 3.40. The molecule has 11 heteroatoms.